The number of benzene rings is 2. The van der Waals surface area contributed by atoms with Gasteiger partial charge in [0.15, 0.2) is 0 Å². The van der Waals surface area contributed by atoms with Crippen molar-refractivity contribution >= 4 is 0 Å². The molecule has 2 heterocycles. The average molecular weight is 375 g/mol. The summed E-state index contributed by atoms with van der Waals surface area (Å²) in [4.78, 5) is 7.87. The fourth-order valence-corrected chi connectivity index (χ4v) is 2.90. The maximum absolute atomic E-state index is 12.7. The molecule has 28 heavy (non-hydrogen) atoms. The van der Waals surface area contributed by atoms with Crippen LogP contribution in [-0.2, 0) is 6.18 Å². The van der Waals surface area contributed by atoms with E-state index in [1.165, 1.54) is 12.3 Å². The molecule has 0 spiro atoms. The Bertz CT molecular complexity index is 1070. The first kappa shape index (κ1) is 17.9. The highest BCUT2D eigenvalue weighted by atomic mass is 19.4. The van der Waals surface area contributed by atoms with E-state index in [1.54, 1.807) is 18.3 Å². The van der Waals surface area contributed by atoms with Gasteiger partial charge in [0.05, 0.1) is 5.69 Å². The van der Waals surface area contributed by atoms with Gasteiger partial charge in [0.1, 0.15) is 5.69 Å². The average Bonchev–Trinajstić information content (AvgIpc) is 2.74. The van der Waals surface area contributed by atoms with Crippen LogP contribution in [0.3, 0.4) is 0 Å². The summed E-state index contributed by atoms with van der Waals surface area (Å²) in [5.41, 5.74) is 4.21. The zero-order chi connectivity index (χ0) is 19.6. The zero-order valence-electron chi connectivity index (χ0n) is 14.6. The number of hydrogen-bond acceptors (Lipinski definition) is 2. The van der Waals surface area contributed by atoms with Crippen molar-refractivity contribution in [2.75, 3.05) is 0 Å². The van der Waals surface area contributed by atoms with E-state index in [0.29, 0.717) is 5.56 Å². The molecule has 0 aliphatic rings. The third-order valence-electron chi connectivity index (χ3n) is 4.35. The first-order valence-electron chi connectivity index (χ1n) is 8.58. The third-order valence-corrected chi connectivity index (χ3v) is 4.35. The van der Waals surface area contributed by atoms with E-state index in [2.05, 4.69) is 16.0 Å². The first-order chi connectivity index (χ1) is 13.5. The minimum Gasteiger partial charge on any atom is -0.256 e. The van der Waals surface area contributed by atoms with Crippen LogP contribution in [0.4, 0.5) is 13.2 Å². The third kappa shape index (κ3) is 3.78. The molecule has 0 bridgehead atoms. The number of pyridine rings is 2. The second kappa shape index (κ2) is 7.27. The molecule has 4 rings (SSSR count). The highest BCUT2D eigenvalue weighted by Gasteiger charge is 2.32. The second-order valence-corrected chi connectivity index (χ2v) is 6.21. The summed E-state index contributed by atoms with van der Waals surface area (Å²) in [6.45, 7) is 0. The lowest BCUT2D eigenvalue weighted by Gasteiger charge is -2.09. The molecule has 2 nitrogen and oxygen atoms in total. The number of halogens is 3. The van der Waals surface area contributed by atoms with Gasteiger partial charge in [-0.1, -0.05) is 48.5 Å². The zero-order valence-corrected chi connectivity index (χ0v) is 14.6. The van der Waals surface area contributed by atoms with E-state index < -0.39 is 11.9 Å². The summed E-state index contributed by atoms with van der Waals surface area (Å²) >= 11 is 0. The fourth-order valence-electron chi connectivity index (χ4n) is 2.90. The molecule has 0 unspecified atom stereocenters. The molecule has 0 N–H and O–H groups in total. The predicted octanol–water partition coefficient (Wildman–Crippen LogP) is 6.30. The van der Waals surface area contributed by atoms with Crippen molar-refractivity contribution < 1.29 is 13.2 Å². The summed E-state index contributed by atoms with van der Waals surface area (Å²) in [5, 5.41) is 0. The molecule has 0 atom stereocenters. The van der Waals surface area contributed by atoms with Crippen LogP contribution in [0.15, 0.2) is 85.2 Å². The molecule has 5 heteroatoms. The molecule has 137 valence electrons. The molecule has 1 radical (unpaired) electrons. The van der Waals surface area contributed by atoms with Crippen molar-refractivity contribution in [3.05, 3.63) is 97.0 Å². The van der Waals surface area contributed by atoms with Crippen LogP contribution in [-0.4, -0.2) is 9.97 Å². The minimum absolute atomic E-state index is 0.619. The van der Waals surface area contributed by atoms with Gasteiger partial charge in [0.2, 0.25) is 0 Å². The quantitative estimate of drug-likeness (QED) is 0.420. The Morgan fingerprint density at radius 3 is 2.11 bits per heavy atom. The van der Waals surface area contributed by atoms with Crippen molar-refractivity contribution in [3.63, 3.8) is 0 Å². The van der Waals surface area contributed by atoms with E-state index in [-0.39, 0.29) is 0 Å². The van der Waals surface area contributed by atoms with Crippen molar-refractivity contribution in [2.45, 2.75) is 6.18 Å². The van der Waals surface area contributed by atoms with Crippen LogP contribution in [0.5, 0.6) is 0 Å². The van der Waals surface area contributed by atoms with Crippen LogP contribution < -0.4 is 0 Å². The lowest BCUT2D eigenvalue weighted by Crippen LogP contribution is -2.07. The van der Waals surface area contributed by atoms with Gasteiger partial charge < -0.3 is 0 Å². The van der Waals surface area contributed by atoms with Gasteiger partial charge in [-0.3, -0.25) is 9.97 Å². The van der Waals surface area contributed by atoms with E-state index in [0.717, 1.165) is 34.0 Å². The maximum Gasteiger partial charge on any atom is 0.433 e. The SMILES string of the molecule is FC(F)(F)c1ccc(-c2cc[c]c(-c3ccc(-c4ccccn4)cc3)c2)cn1. The van der Waals surface area contributed by atoms with Crippen molar-refractivity contribution in [3.8, 4) is 33.5 Å². The standard InChI is InChI=1S/C23H14F3N2/c24-23(25,26)22-12-11-20(15-28-22)19-5-3-4-18(14-19)16-7-9-17(10-8-16)21-6-1-2-13-27-21/h1-3,5-15H. The van der Waals surface area contributed by atoms with Gasteiger partial charge in [-0.2, -0.15) is 13.2 Å². The molecular weight excluding hydrogens is 361 g/mol. The topological polar surface area (TPSA) is 25.8 Å². The van der Waals surface area contributed by atoms with Gasteiger partial charge in [-0.05, 0) is 47.0 Å². The molecule has 0 fully saturated rings. The highest BCUT2D eigenvalue weighted by Crippen LogP contribution is 2.30. The van der Waals surface area contributed by atoms with E-state index in [4.69, 9.17) is 0 Å². The summed E-state index contributed by atoms with van der Waals surface area (Å²) in [7, 11) is 0. The molecule has 4 aromatic rings. The Morgan fingerprint density at radius 2 is 1.46 bits per heavy atom. The lowest BCUT2D eigenvalue weighted by atomic mass is 9.98. The van der Waals surface area contributed by atoms with Crippen molar-refractivity contribution in [1.29, 1.82) is 0 Å². The fraction of sp³-hybridized carbons (Fsp3) is 0.0435. The Morgan fingerprint density at radius 1 is 0.714 bits per heavy atom. The Balaban J connectivity index is 1.62. The second-order valence-electron chi connectivity index (χ2n) is 6.21. The Kier molecular flexibility index (Phi) is 4.65. The van der Waals surface area contributed by atoms with Gasteiger partial charge in [-0.15, -0.1) is 0 Å². The molecule has 0 aliphatic carbocycles. The van der Waals surface area contributed by atoms with Crippen LogP contribution in [0.25, 0.3) is 33.5 Å². The largest absolute Gasteiger partial charge is 0.433 e. The molecule has 0 saturated heterocycles. The number of alkyl halides is 3. The smallest absolute Gasteiger partial charge is 0.256 e. The summed E-state index contributed by atoms with van der Waals surface area (Å²) < 4.78 is 38.1. The predicted molar refractivity (Wildman–Crippen MR) is 102 cm³/mol. The summed E-state index contributed by atoms with van der Waals surface area (Å²) in [6, 6.07) is 24.7. The van der Waals surface area contributed by atoms with Gasteiger partial charge in [-0.25, -0.2) is 0 Å². The Hall–Kier alpha value is -3.47. The first-order valence-corrected chi connectivity index (χ1v) is 8.58. The molecule has 2 aromatic heterocycles. The molecule has 2 aromatic carbocycles. The van der Waals surface area contributed by atoms with Crippen LogP contribution >= 0.6 is 0 Å². The maximum atomic E-state index is 12.7. The minimum atomic E-state index is -4.44. The number of aromatic nitrogens is 2. The lowest BCUT2D eigenvalue weighted by molar-refractivity contribution is -0.141. The monoisotopic (exact) mass is 375 g/mol. The van der Waals surface area contributed by atoms with Crippen molar-refractivity contribution in [2.24, 2.45) is 0 Å². The van der Waals surface area contributed by atoms with Gasteiger partial charge >= 0.3 is 6.18 Å². The number of hydrogen-bond donors (Lipinski definition) is 0. The van der Waals surface area contributed by atoms with E-state index >= 15 is 0 Å². The molecule has 0 saturated carbocycles. The molecule has 0 amide bonds. The van der Waals surface area contributed by atoms with Crippen LogP contribution in [0.1, 0.15) is 5.69 Å². The van der Waals surface area contributed by atoms with E-state index in [1.807, 2.05) is 48.5 Å². The van der Waals surface area contributed by atoms with Gasteiger partial charge in [0, 0.05) is 23.5 Å². The van der Waals surface area contributed by atoms with Gasteiger partial charge in [0.25, 0.3) is 0 Å². The van der Waals surface area contributed by atoms with E-state index in [9.17, 15) is 13.2 Å². The van der Waals surface area contributed by atoms with Crippen LogP contribution in [0, 0.1) is 6.07 Å². The number of rotatable bonds is 3. The molecular formula is C23H14F3N2. The Labute approximate surface area is 160 Å². The molecule has 0 aliphatic heterocycles. The summed E-state index contributed by atoms with van der Waals surface area (Å²) in [5.74, 6) is 0. The normalized spacial score (nSPS) is 11.4. The highest BCUT2D eigenvalue weighted by molar-refractivity contribution is 5.74. The number of nitrogens with zero attached hydrogens (tertiary/aromatic N) is 2. The summed E-state index contributed by atoms with van der Waals surface area (Å²) in [6.07, 6.45) is -1.45. The van der Waals surface area contributed by atoms with Crippen molar-refractivity contribution in [1.82, 2.24) is 9.97 Å². The van der Waals surface area contributed by atoms with Crippen LogP contribution in [0.2, 0.25) is 0 Å².